The van der Waals surface area contributed by atoms with E-state index in [0.29, 0.717) is 0 Å². The highest BCUT2D eigenvalue weighted by Crippen LogP contribution is 2.09. The Morgan fingerprint density at radius 3 is 2.71 bits per heavy atom. The number of carbonyl (C=O) groups is 1. The minimum absolute atomic E-state index is 0.144. The second-order valence-electron chi connectivity index (χ2n) is 3.56. The first-order chi connectivity index (χ1) is 6.79. The van der Waals surface area contributed by atoms with Crippen LogP contribution in [-0.4, -0.2) is 42.0 Å². The van der Waals surface area contributed by atoms with Crippen LogP contribution in [0.25, 0.3) is 0 Å². The molecule has 4 nitrogen and oxygen atoms in total. The number of aromatic amines is 1. The molecule has 4 heteroatoms. The maximum absolute atomic E-state index is 12.0. The largest absolute Gasteiger partial charge is 0.365 e. The van der Waals surface area contributed by atoms with Crippen LogP contribution in [0.5, 0.6) is 0 Å². The fraction of sp³-hybridized carbons (Fsp3) is 0.500. The van der Waals surface area contributed by atoms with E-state index in [4.69, 9.17) is 0 Å². The molecule has 1 amide bonds. The lowest BCUT2D eigenvalue weighted by atomic mass is 10.2. The second kappa shape index (κ2) is 3.84. The van der Waals surface area contributed by atoms with Crippen LogP contribution in [-0.2, 0) is 0 Å². The second-order valence-corrected chi connectivity index (χ2v) is 3.56. The highest BCUT2D eigenvalue weighted by molar-refractivity contribution is 5.95. The topological polar surface area (TPSA) is 48.1 Å². The van der Waals surface area contributed by atoms with Crippen LogP contribution < -0.4 is 5.32 Å². The summed E-state index contributed by atoms with van der Waals surface area (Å²) in [7, 11) is 0. The maximum atomic E-state index is 12.0. The fourth-order valence-corrected chi connectivity index (χ4v) is 1.72. The zero-order valence-electron chi connectivity index (χ0n) is 8.34. The zero-order chi connectivity index (χ0) is 9.97. The van der Waals surface area contributed by atoms with Gasteiger partial charge in [0.25, 0.3) is 5.91 Å². The molecule has 0 aliphatic carbocycles. The van der Waals surface area contributed by atoms with E-state index < -0.39 is 0 Å². The molecule has 0 saturated carbocycles. The molecule has 0 bridgehead atoms. The molecule has 14 heavy (non-hydrogen) atoms. The average Bonchev–Trinajstić information content (AvgIpc) is 2.65. The zero-order valence-corrected chi connectivity index (χ0v) is 8.34. The molecule has 1 aromatic rings. The number of nitrogens with one attached hydrogen (secondary N) is 2. The lowest BCUT2D eigenvalue weighted by Crippen LogP contribution is -2.46. The molecule has 0 aromatic carbocycles. The predicted octanol–water partition coefficient (Wildman–Crippen LogP) is 0.369. The number of rotatable bonds is 1. The van der Waals surface area contributed by atoms with E-state index in [1.807, 2.05) is 24.1 Å². The highest BCUT2D eigenvalue weighted by Gasteiger charge is 2.19. The van der Waals surface area contributed by atoms with E-state index in [2.05, 4.69) is 10.3 Å². The van der Waals surface area contributed by atoms with Crippen molar-refractivity contribution in [3.8, 4) is 0 Å². The van der Waals surface area contributed by atoms with Gasteiger partial charge in [-0.25, -0.2) is 0 Å². The summed E-state index contributed by atoms with van der Waals surface area (Å²) in [6, 6.07) is 1.85. The number of amides is 1. The highest BCUT2D eigenvalue weighted by atomic mass is 16.2. The maximum Gasteiger partial charge on any atom is 0.255 e. The van der Waals surface area contributed by atoms with E-state index in [1.165, 1.54) is 0 Å². The Bertz CT molecular complexity index is 326. The van der Waals surface area contributed by atoms with Gasteiger partial charge in [-0.05, 0) is 13.0 Å². The number of hydrogen-bond donors (Lipinski definition) is 2. The molecule has 0 atom stereocenters. The fourth-order valence-electron chi connectivity index (χ4n) is 1.72. The Morgan fingerprint density at radius 1 is 1.43 bits per heavy atom. The van der Waals surface area contributed by atoms with Crippen LogP contribution in [0.2, 0.25) is 0 Å². The van der Waals surface area contributed by atoms with E-state index in [1.54, 1.807) is 0 Å². The van der Waals surface area contributed by atoms with Crippen LogP contribution in [0.1, 0.15) is 16.1 Å². The summed E-state index contributed by atoms with van der Waals surface area (Å²) in [5, 5.41) is 3.23. The Labute approximate surface area is 83.3 Å². The van der Waals surface area contributed by atoms with Gasteiger partial charge >= 0.3 is 0 Å². The average molecular weight is 193 g/mol. The first kappa shape index (κ1) is 9.27. The van der Waals surface area contributed by atoms with Crippen molar-refractivity contribution in [2.45, 2.75) is 6.92 Å². The van der Waals surface area contributed by atoms with Crippen LogP contribution in [0.4, 0.5) is 0 Å². The Hall–Kier alpha value is -1.29. The van der Waals surface area contributed by atoms with Gasteiger partial charge in [0.2, 0.25) is 0 Å². The number of nitrogens with zero attached hydrogens (tertiary/aromatic N) is 1. The van der Waals surface area contributed by atoms with Gasteiger partial charge < -0.3 is 15.2 Å². The molecule has 1 aliphatic rings. The smallest absolute Gasteiger partial charge is 0.255 e. The van der Waals surface area contributed by atoms with Crippen molar-refractivity contribution >= 4 is 5.91 Å². The molecule has 0 unspecified atom stereocenters. The van der Waals surface area contributed by atoms with Gasteiger partial charge in [-0.15, -0.1) is 0 Å². The van der Waals surface area contributed by atoms with E-state index in [-0.39, 0.29) is 5.91 Å². The lowest BCUT2D eigenvalue weighted by molar-refractivity contribution is 0.0735. The number of hydrogen-bond acceptors (Lipinski definition) is 2. The van der Waals surface area contributed by atoms with Gasteiger partial charge in [-0.1, -0.05) is 0 Å². The minimum atomic E-state index is 0.144. The third-order valence-electron chi connectivity index (χ3n) is 2.59. The summed E-state index contributed by atoms with van der Waals surface area (Å²) in [4.78, 5) is 16.9. The van der Waals surface area contributed by atoms with Gasteiger partial charge in [-0.3, -0.25) is 4.79 Å². The Balaban J connectivity index is 2.11. The molecular weight excluding hydrogens is 178 g/mol. The number of piperazine rings is 1. The van der Waals surface area contributed by atoms with E-state index >= 15 is 0 Å². The van der Waals surface area contributed by atoms with Crippen LogP contribution in [0, 0.1) is 6.92 Å². The Morgan fingerprint density at radius 2 is 2.14 bits per heavy atom. The van der Waals surface area contributed by atoms with Gasteiger partial charge in [0.15, 0.2) is 0 Å². The molecule has 1 saturated heterocycles. The van der Waals surface area contributed by atoms with Crippen molar-refractivity contribution in [3.63, 3.8) is 0 Å². The minimum Gasteiger partial charge on any atom is -0.365 e. The normalized spacial score (nSPS) is 17.1. The van der Waals surface area contributed by atoms with E-state index in [9.17, 15) is 4.79 Å². The lowest BCUT2D eigenvalue weighted by Gasteiger charge is -2.27. The first-order valence-corrected chi connectivity index (χ1v) is 4.93. The Kier molecular flexibility index (Phi) is 2.54. The van der Waals surface area contributed by atoms with Crippen molar-refractivity contribution in [2.75, 3.05) is 26.2 Å². The van der Waals surface area contributed by atoms with Gasteiger partial charge in [0.05, 0.1) is 5.56 Å². The van der Waals surface area contributed by atoms with Gasteiger partial charge in [0, 0.05) is 38.1 Å². The third-order valence-corrected chi connectivity index (χ3v) is 2.59. The molecule has 0 spiro atoms. The van der Waals surface area contributed by atoms with Crippen molar-refractivity contribution in [3.05, 3.63) is 23.5 Å². The molecule has 1 aromatic heterocycles. The number of aromatic nitrogens is 1. The van der Waals surface area contributed by atoms with Gasteiger partial charge in [0.1, 0.15) is 0 Å². The van der Waals surface area contributed by atoms with Crippen LogP contribution >= 0.6 is 0 Å². The first-order valence-electron chi connectivity index (χ1n) is 4.93. The van der Waals surface area contributed by atoms with Crippen molar-refractivity contribution in [2.24, 2.45) is 0 Å². The van der Waals surface area contributed by atoms with Gasteiger partial charge in [-0.2, -0.15) is 0 Å². The number of H-pyrrole nitrogens is 1. The third kappa shape index (κ3) is 1.65. The molecular formula is C10H15N3O. The number of carbonyl (C=O) groups excluding carboxylic acids is 1. The SMILES string of the molecule is Cc1[nH]ccc1C(=O)N1CCNCC1. The summed E-state index contributed by atoms with van der Waals surface area (Å²) in [5.74, 6) is 0.144. The number of aryl methyl sites for hydroxylation is 1. The van der Waals surface area contributed by atoms with Crippen molar-refractivity contribution < 1.29 is 4.79 Å². The summed E-state index contributed by atoms with van der Waals surface area (Å²) in [6.45, 7) is 5.34. The van der Waals surface area contributed by atoms with E-state index in [0.717, 1.165) is 37.4 Å². The molecule has 1 fully saturated rings. The van der Waals surface area contributed by atoms with Crippen molar-refractivity contribution in [1.82, 2.24) is 15.2 Å². The molecule has 2 heterocycles. The predicted molar refractivity (Wildman–Crippen MR) is 54.3 cm³/mol. The summed E-state index contributed by atoms with van der Waals surface area (Å²) >= 11 is 0. The van der Waals surface area contributed by atoms with Crippen molar-refractivity contribution in [1.29, 1.82) is 0 Å². The molecule has 2 N–H and O–H groups in total. The summed E-state index contributed by atoms with van der Waals surface area (Å²) in [5.41, 5.74) is 1.75. The summed E-state index contributed by atoms with van der Waals surface area (Å²) in [6.07, 6.45) is 1.81. The standard InChI is InChI=1S/C10H15N3O/c1-8-9(2-3-12-8)10(14)13-6-4-11-5-7-13/h2-3,11-12H,4-7H2,1H3. The quantitative estimate of drug-likeness (QED) is 0.677. The molecule has 2 rings (SSSR count). The van der Waals surface area contributed by atoms with Crippen LogP contribution in [0.3, 0.4) is 0 Å². The monoisotopic (exact) mass is 193 g/mol. The molecule has 0 radical (unpaired) electrons. The molecule has 76 valence electrons. The van der Waals surface area contributed by atoms with Crippen LogP contribution in [0.15, 0.2) is 12.3 Å². The summed E-state index contributed by atoms with van der Waals surface area (Å²) < 4.78 is 0. The molecule has 1 aliphatic heterocycles.